The number of alkyl halides is 1. The molecule has 0 aromatic rings. The molecule has 0 aliphatic carbocycles. The predicted octanol–water partition coefficient (Wildman–Crippen LogP) is 0.0778. The van der Waals surface area contributed by atoms with Crippen molar-refractivity contribution in [1.29, 1.82) is 0 Å². The van der Waals surface area contributed by atoms with Crippen molar-refractivity contribution in [2.45, 2.75) is 24.6 Å². The van der Waals surface area contributed by atoms with E-state index in [0.29, 0.717) is 5.06 Å². The minimum atomic E-state index is -1.25. The zero-order chi connectivity index (χ0) is 13.2. The zero-order valence-corrected chi connectivity index (χ0v) is 10.5. The van der Waals surface area contributed by atoms with Gasteiger partial charge in [0, 0.05) is 12.8 Å². The smallest absolute Gasteiger partial charge is 0.332 e. The van der Waals surface area contributed by atoms with Crippen LogP contribution in [0.2, 0.25) is 0 Å². The van der Waals surface area contributed by atoms with Gasteiger partial charge >= 0.3 is 11.9 Å². The summed E-state index contributed by atoms with van der Waals surface area (Å²) in [5.74, 6) is -4.56. The van der Waals surface area contributed by atoms with Crippen molar-refractivity contribution in [2.75, 3.05) is 0 Å². The molecule has 0 spiro atoms. The molecule has 1 aliphatic rings. The molecule has 2 atom stereocenters. The Morgan fingerprint density at radius 2 is 2.18 bits per heavy atom. The van der Waals surface area contributed by atoms with Crippen molar-refractivity contribution >= 4 is 39.7 Å². The molecule has 2 unspecified atom stereocenters. The summed E-state index contributed by atoms with van der Waals surface area (Å²) in [5.41, 5.74) is 0. The Morgan fingerprint density at radius 3 is 2.65 bits per heavy atom. The summed E-state index contributed by atoms with van der Waals surface area (Å²) >= 11 is 2.81. The number of carbonyl (C=O) groups is 4. The number of nitrogens with zero attached hydrogens (tertiary/aromatic N) is 1. The standard InChI is InChI=1S/C9H10BrNO6/c1-2-6(13)17-11-5(12)3-4(8(11)14)7(10)9(15)16/h4,7H,2-3H2,1H3,(H,15,16). The van der Waals surface area contributed by atoms with Gasteiger partial charge in [-0.2, -0.15) is 0 Å². The molecular formula is C9H10BrNO6. The minimum Gasteiger partial charge on any atom is -0.480 e. The maximum atomic E-state index is 11.6. The summed E-state index contributed by atoms with van der Waals surface area (Å²) in [7, 11) is 0. The Labute approximate surface area is 105 Å². The van der Waals surface area contributed by atoms with E-state index < -0.39 is 34.5 Å². The van der Waals surface area contributed by atoms with Gasteiger partial charge in [0.15, 0.2) is 0 Å². The first kappa shape index (κ1) is 13.6. The predicted molar refractivity (Wildman–Crippen MR) is 56.7 cm³/mol. The summed E-state index contributed by atoms with van der Waals surface area (Å²) in [6, 6.07) is 0. The second-order valence-corrected chi connectivity index (χ2v) is 4.38. The first-order valence-corrected chi connectivity index (χ1v) is 5.74. The van der Waals surface area contributed by atoms with E-state index in [-0.39, 0.29) is 12.8 Å². The quantitative estimate of drug-likeness (QED) is 0.583. The van der Waals surface area contributed by atoms with E-state index in [4.69, 9.17) is 5.11 Å². The van der Waals surface area contributed by atoms with E-state index in [1.54, 1.807) is 0 Å². The molecule has 0 saturated carbocycles. The number of hydroxylamine groups is 2. The largest absolute Gasteiger partial charge is 0.480 e. The summed E-state index contributed by atoms with van der Waals surface area (Å²) < 4.78 is 0. The Hall–Kier alpha value is -1.44. The molecule has 1 heterocycles. The third-order valence-corrected chi connectivity index (χ3v) is 3.24. The third kappa shape index (κ3) is 2.82. The van der Waals surface area contributed by atoms with E-state index >= 15 is 0 Å². The van der Waals surface area contributed by atoms with Crippen molar-refractivity contribution in [2.24, 2.45) is 5.92 Å². The van der Waals surface area contributed by atoms with E-state index in [2.05, 4.69) is 20.8 Å². The number of rotatable bonds is 4. The molecule has 1 saturated heterocycles. The highest BCUT2D eigenvalue weighted by molar-refractivity contribution is 9.10. The Bertz CT molecular complexity index is 382. The second kappa shape index (κ2) is 5.26. The molecule has 8 heteroatoms. The van der Waals surface area contributed by atoms with Crippen LogP contribution in [0.3, 0.4) is 0 Å². The van der Waals surface area contributed by atoms with Crippen molar-refractivity contribution in [3.8, 4) is 0 Å². The maximum Gasteiger partial charge on any atom is 0.332 e. The average Bonchev–Trinajstić information content (AvgIpc) is 2.55. The molecule has 1 rings (SSSR count). The van der Waals surface area contributed by atoms with Gasteiger partial charge in [0.1, 0.15) is 4.83 Å². The summed E-state index contributed by atoms with van der Waals surface area (Å²) in [4.78, 5) is 48.0. The van der Waals surface area contributed by atoms with Crippen LogP contribution >= 0.6 is 15.9 Å². The van der Waals surface area contributed by atoms with Gasteiger partial charge in [0.05, 0.1) is 5.92 Å². The Morgan fingerprint density at radius 1 is 1.59 bits per heavy atom. The van der Waals surface area contributed by atoms with Gasteiger partial charge < -0.3 is 9.94 Å². The van der Waals surface area contributed by atoms with Crippen molar-refractivity contribution in [3.05, 3.63) is 0 Å². The molecule has 0 aromatic heterocycles. The molecule has 1 fully saturated rings. The molecule has 0 radical (unpaired) electrons. The Kier molecular flexibility index (Phi) is 4.22. The molecule has 2 amide bonds. The Balaban J connectivity index is 2.78. The molecular weight excluding hydrogens is 298 g/mol. The van der Waals surface area contributed by atoms with Crippen LogP contribution in [0.5, 0.6) is 0 Å². The lowest BCUT2D eigenvalue weighted by Gasteiger charge is -2.14. The van der Waals surface area contributed by atoms with E-state index in [0.717, 1.165) is 0 Å². The molecule has 0 aromatic carbocycles. The fourth-order valence-electron chi connectivity index (χ4n) is 1.29. The number of hydrogen-bond acceptors (Lipinski definition) is 5. The summed E-state index contributed by atoms with van der Waals surface area (Å²) in [5, 5.41) is 9.07. The van der Waals surface area contributed by atoms with Gasteiger partial charge in [-0.3, -0.25) is 14.4 Å². The number of carbonyl (C=O) groups excluding carboxylic acids is 3. The van der Waals surface area contributed by atoms with Gasteiger partial charge in [-0.05, 0) is 0 Å². The number of halogens is 1. The van der Waals surface area contributed by atoms with Gasteiger partial charge in [-0.15, -0.1) is 5.06 Å². The molecule has 17 heavy (non-hydrogen) atoms. The van der Waals surface area contributed by atoms with Crippen LogP contribution in [-0.4, -0.2) is 38.7 Å². The molecule has 0 bridgehead atoms. The normalized spacial score (nSPS) is 21.5. The summed E-state index contributed by atoms with van der Waals surface area (Å²) in [6.45, 7) is 1.51. The lowest BCUT2D eigenvalue weighted by Crippen LogP contribution is -2.36. The van der Waals surface area contributed by atoms with Crippen molar-refractivity contribution in [3.63, 3.8) is 0 Å². The second-order valence-electron chi connectivity index (χ2n) is 3.39. The SMILES string of the molecule is CCC(=O)ON1C(=O)CC(C(Br)C(=O)O)C1=O. The van der Waals surface area contributed by atoms with Gasteiger partial charge in [0.25, 0.3) is 11.8 Å². The number of carboxylic acid groups (broad SMARTS) is 1. The van der Waals surface area contributed by atoms with Crippen LogP contribution in [-0.2, 0) is 24.0 Å². The topological polar surface area (TPSA) is 101 Å². The highest BCUT2D eigenvalue weighted by Crippen LogP contribution is 2.27. The van der Waals surface area contributed by atoms with E-state index in [9.17, 15) is 19.2 Å². The number of aliphatic carboxylic acids is 1. The van der Waals surface area contributed by atoms with Crippen LogP contribution in [0.25, 0.3) is 0 Å². The van der Waals surface area contributed by atoms with Crippen LogP contribution in [0, 0.1) is 5.92 Å². The first-order chi connectivity index (χ1) is 7.88. The van der Waals surface area contributed by atoms with Crippen LogP contribution in [0.4, 0.5) is 0 Å². The molecule has 7 nitrogen and oxygen atoms in total. The number of hydrogen-bond donors (Lipinski definition) is 1. The van der Waals surface area contributed by atoms with Gasteiger partial charge in [-0.25, -0.2) is 4.79 Å². The van der Waals surface area contributed by atoms with Crippen molar-refractivity contribution in [1.82, 2.24) is 5.06 Å². The molecule has 1 N–H and O–H groups in total. The van der Waals surface area contributed by atoms with E-state index in [1.807, 2.05) is 0 Å². The number of amides is 2. The molecule has 94 valence electrons. The number of carboxylic acids is 1. The zero-order valence-electron chi connectivity index (χ0n) is 8.88. The average molecular weight is 308 g/mol. The lowest BCUT2D eigenvalue weighted by atomic mass is 10.0. The minimum absolute atomic E-state index is 0.0123. The fourth-order valence-corrected chi connectivity index (χ4v) is 1.71. The maximum absolute atomic E-state index is 11.6. The van der Waals surface area contributed by atoms with E-state index in [1.165, 1.54) is 6.92 Å². The van der Waals surface area contributed by atoms with Gasteiger partial charge in [0.2, 0.25) is 0 Å². The third-order valence-electron chi connectivity index (χ3n) is 2.21. The fraction of sp³-hybridized carbons (Fsp3) is 0.556. The van der Waals surface area contributed by atoms with Crippen LogP contribution in [0.15, 0.2) is 0 Å². The van der Waals surface area contributed by atoms with Crippen molar-refractivity contribution < 1.29 is 29.1 Å². The highest BCUT2D eigenvalue weighted by atomic mass is 79.9. The number of imide groups is 1. The lowest BCUT2D eigenvalue weighted by molar-refractivity contribution is -0.198. The van der Waals surface area contributed by atoms with Crippen LogP contribution in [0.1, 0.15) is 19.8 Å². The van der Waals surface area contributed by atoms with Gasteiger partial charge in [-0.1, -0.05) is 22.9 Å². The summed E-state index contributed by atoms with van der Waals surface area (Å²) in [6.07, 6.45) is -0.281. The molecule has 1 aliphatic heterocycles. The first-order valence-electron chi connectivity index (χ1n) is 4.83. The highest BCUT2D eigenvalue weighted by Gasteiger charge is 2.46. The van der Waals surface area contributed by atoms with Crippen LogP contribution < -0.4 is 0 Å². The monoisotopic (exact) mass is 307 g/mol.